The number of fused-ring (bicyclic) bond motifs is 1. The van der Waals surface area contributed by atoms with Crippen LogP contribution in [0.4, 0.5) is 40.8 Å². The first kappa shape index (κ1) is 24.0. The van der Waals surface area contributed by atoms with Crippen LogP contribution in [0.25, 0.3) is 16.6 Å². The van der Waals surface area contributed by atoms with E-state index >= 15 is 0 Å². The highest BCUT2D eigenvalue weighted by molar-refractivity contribution is 5.87. The Morgan fingerprint density at radius 1 is 1.00 bits per heavy atom. The minimum absolute atomic E-state index is 0.0172. The van der Waals surface area contributed by atoms with E-state index < -0.39 is 52.1 Å². The third-order valence-electron chi connectivity index (χ3n) is 5.77. The molecule has 1 N–H and O–H groups in total. The van der Waals surface area contributed by atoms with Gasteiger partial charge in [-0.05, 0) is 37.1 Å². The van der Waals surface area contributed by atoms with E-state index in [9.17, 15) is 40.2 Å². The van der Waals surface area contributed by atoms with E-state index in [-0.39, 0.29) is 22.3 Å². The van der Waals surface area contributed by atoms with Crippen LogP contribution in [0.1, 0.15) is 24.1 Å². The quantitative estimate of drug-likeness (QED) is 0.477. The van der Waals surface area contributed by atoms with Crippen LogP contribution in [-0.2, 0) is 17.1 Å². The van der Waals surface area contributed by atoms with Gasteiger partial charge in [0.1, 0.15) is 5.69 Å². The second-order valence-electron chi connectivity index (χ2n) is 7.83. The standard InChI is InChI=1S/C21H17F8N3O2/c1-31(10-4-6-34-7-5-10)11-2-3-14-12(8-11)19(21(27,28)29)30-32(14)15-9-13(20(24,25)26)16(22)18(33)17(15)23/h2-3,8-10,33H,4-7H2,1H3. The fourth-order valence-corrected chi connectivity index (χ4v) is 3.97. The SMILES string of the molecule is CN(c1ccc2c(c1)c(C(F)(F)F)nn2-c1cc(C(F)(F)F)c(F)c(O)c1F)C1CCOCC1. The number of rotatable bonds is 3. The number of hydrogen-bond donors (Lipinski definition) is 1. The molecule has 0 saturated carbocycles. The fraction of sp³-hybridized carbons (Fsp3) is 0.381. The van der Waals surface area contributed by atoms with Crippen molar-refractivity contribution in [2.45, 2.75) is 31.2 Å². The zero-order chi connectivity index (χ0) is 25.0. The number of aromatic nitrogens is 2. The molecule has 0 radical (unpaired) electrons. The molecule has 0 amide bonds. The number of hydrogen-bond acceptors (Lipinski definition) is 4. The van der Waals surface area contributed by atoms with Gasteiger partial charge in [0.15, 0.2) is 23.1 Å². The van der Waals surface area contributed by atoms with Gasteiger partial charge in [0.2, 0.25) is 0 Å². The molecule has 2 heterocycles. The van der Waals surface area contributed by atoms with E-state index in [0.717, 1.165) is 12.1 Å². The van der Waals surface area contributed by atoms with Crippen molar-refractivity contribution in [1.29, 1.82) is 0 Å². The molecule has 13 heteroatoms. The van der Waals surface area contributed by atoms with Crippen molar-refractivity contribution in [3.63, 3.8) is 0 Å². The number of anilines is 1. The second-order valence-corrected chi connectivity index (χ2v) is 7.83. The maximum atomic E-state index is 14.6. The lowest BCUT2D eigenvalue weighted by Crippen LogP contribution is -2.36. The number of alkyl halides is 6. The molecular weight excluding hydrogens is 478 g/mol. The number of phenolic OH excluding ortho intramolecular Hbond substituents is 1. The van der Waals surface area contributed by atoms with E-state index in [2.05, 4.69) is 5.10 Å². The average molecular weight is 495 g/mol. The number of halogens is 8. The van der Waals surface area contributed by atoms with Crippen LogP contribution in [0.15, 0.2) is 24.3 Å². The van der Waals surface area contributed by atoms with Crippen LogP contribution in [0, 0.1) is 11.6 Å². The van der Waals surface area contributed by atoms with Gasteiger partial charge in [-0.1, -0.05) is 0 Å². The molecule has 0 atom stereocenters. The van der Waals surface area contributed by atoms with E-state index in [4.69, 9.17) is 4.74 Å². The normalized spacial score (nSPS) is 15.8. The Hall–Kier alpha value is -3.09. The van der Waals surface area contributed by atoms with E-state index in [0.29, 0.717) is 31.7 Å². The minimum atomic E-state index is -5.35. The molecule has 3 aromatic rings. The van der Waals surface area contributed by atoms with Gasteiger partial charge >= 0.3 is 12.4 Å². The highest BCUT2D eigenvalue weighted by Crippen LogP contribution is 2.41. The Labute approximate surface area is 187 Å². The lowest BCUT2D eigenvalue weighted by Gasteiger charge is -2.33. The van der Waals surface area contributed by atoms with Crippen molar-refractivity contribution in [2.75, 3.05) is 25.2 Å². The van der Waals surface area contributed by atoms with Gasteiger partial charge < -0.3 is 14.7 Å². The summed E-state index contributed by atoms with van der Waals surface area (Å²) < 4.78 is 115. The van der Waals surface area contributed by atoms with Crippen molar-refractivity contribution in [3.05, 3.63) is 47.2 Å². The van der Waals surface area contributed by atoms with Crippen molar-refractivity contribution in [2.24, 2.45) is 0 Å². The molecular formula is C21H17F8N3O2. The van der Waals surface area contributed by atoms with E-state index in [1.165, 1.54) is 6.07 Å². The molecule has 0 aliphatic carbocycles. The van der Waals surface area contributed by atoms with Crippen LogP contribution in [-0.4, -0.2) is 41.2 Å². The van der Waals surface area contributed by atoms with Crippen LogP contribution in [0.5, 0.6) is 5.75 Å². The first-order valence-corrected chi connectivity index (χ1v) is 9.99. The number of phenols is 1. The summed E-state index contributed by atoms with van der Waals surface area (Å²) >= 11 is 0. The average Bonchev–Trinajstić information content (AvgIpc) is 3.16. The summed E-state index contributed by atoms with van der Waals surface area (Å²) in [6.07, 6.45) is -9.11. The highest BCUT2D eigenvalue weighted by atomic mass is 19.4. The Morgan fingerprint density at radius 2 is 1.65 bits per heavy atom. The molecule has 184 valence electrons. The van der Waals surface area contributed by atoms with Crippen molar-refractivity contribution >= 4 is 16.6 Å². The highest BCUT2D eigenvalue weighted by Gasteiger charge is 2.40. The molecule has 1 saturated heterocycles. The van der Waals surface area contributed by atoms with Gasteiger partial charge in [-0.15, -0.1) is 0 Å². The molecule has 5 nitrogen and oxygen atoms in total. The smallest absolute Gasteiger partial charge is 0.435 e. The van der Waals surface area contributed by atoms with Crippen LogP contribution < -0.4 is 4.90 Å². The van der Waals surface area contributed by atoms with Gasteiger partial charge in [0.05, 0.1) is 11.1 Å². The van der Waals surface area contributed by atoms with Gasteiger partial charge in [-0.25, -0.2) is 13.5 Å². The molecule has 4 rings (SSSR count). The van der Waals surface area contributed by atoms with Gasteiger partial charge in [0, 0.05) is 37.4 Å². The number of ether oxygens (including phenoxy) is 1. The third kappa shape index (κ3) is 4.12. The zero-order valence-corrected chi connectivity index (χ0v) is 17.4. The van der Waals surface area contributed by atoms with Crippen LogP contribution in [0.3, 0.4) is 0 Å². The Morgan fingerprint density at radius 3 is 2.24 bits per heavy atom. The van der Waals surface area contributed by atoms with Crippen LogP contribution >= 0.6 is 0 Å². The van der Waals surface area contributed by atoms with Gasteiger partial charge in [0.25, 0.3) is 0 Å². The molecule has 0 unspecified atom stereocenters. The molecule has 34 heavy (non-hydrogen) atoms. The van der Waals surface area contributed by atoms with Gasteiger partial charge in [-0.3, -0.25) is 0 Å². The predicted octanol–water partition coefficient (Wildman–Crippen LogP) is 5.66. The van der Waals surface area contributed by atoms with E-state index in [1.54, 1.807) is 11.9 Å². The first-order chi connectivity index (χ1) is 15.8. The second kappa shape index (κ2) is 8.29. The van der Waals surface area contributed by atoms with Crippen LogP contribution in [0.2, 0.25) is 0 Å². The topological polar surface area (TPSA) is 50.5 Å². The van der Waals surface area contributed by atoms with Gasteiger partial charge in [-0.2, -0.15) is 31.4 Å². The number of nitrogens with zero attached hydrogens (tertiary/aromatic N) is 3. The number of aromatic hydroxyl groups is 1. The molecule has 2 aromatic carbocycles. The minimum Gasteiger partial charge on any atom is -0.503 e. The zero-order valence-electron chi connectivity index (χ0n) is 17.4. The van der Waals surface area contributed by atoms with Crippen molar-refractivity contribution < 1.29 is 45.0 Å². The summed E-state index contributed by atoms with van der Waals surface area (Å²) in [6, 6.07) is 3.68. The molecule has 1 aliphatic rings. The Kier molecular flexibility index (Phi) is 5.86. The maximum absolute atomic E-state index is 14.6. The Balaban J connectivity index is 1.93. The summed E-state index contributed by atoms with van der Waals surface area (Å²) in [5, 5.41) is 12.4. The first-order valence-electron chi connectivity index (χ1n) is 9.99. The molecule has 0 spiro atoms. The third-order valence-corrected chi connectivity index (χ3v) is 5.77. The number of benzene rings is 2. The summed E-state index contributed by atoms with van der Waals surface area (Å²) in [6.45, 7) is 0.968. The fourth-order valence-electron chi connectivity index (χ4n) is 3.97. The molecule has 0 bridgehead atoms. The predicted molar refractivity (Wildman–Crippen MR) is 105 cm³/mol. The molecule has 1 fully saturated rings. The molecule has 1 aromatic heterocycles. The Bertz CT molecular complexity index is 1230. The summed E-state index contributed by atoms with van der Waals surface area (Å²) in [4.78, 5) is 1.76. The summed E-state index contributed by atoms with van der Waals surface area (Å²) in [5.74, 6) is -6.13. The summed E-state index contributed by atoms with van der Waals surface area (Å²) in [7, 11) is 1.68. The van der Waals surface area contributed by atoms with Crippen molar-refractivity contribution in [3.8, 4) is 11.4 Å². The lowest BCUT2D eigenvalue weighted by atomic mass is 10.1. The van der Waals surface area contributed by atoms with Crippen molar-refractivity contribution in [1.82, 2.24) is 9.78 Å². The summed E-state index contributed by atoms with van der Waals surface area (Å²) in [5.41, 5.74) is -4.70. The van der Waals surface area contributed by atoms with E-state index in [1.807, 2.05) is 0 Å². The molecule has 1 aliphatic heterocycles. The lowest BCUT2D eigenvalue weighted by molar-refractivity contribution is -0.141. The largest absolute Gasteiger partial charge is 0.503 e. The maximum Gasteiger partial charge on any atom is 0.435 e. The monoisotopic (exact) mass is 495 g/mol.